The number of carbonyl (C=O) groups is 2. The lowest BCUT2D eigenvalue weighted by Gasteiger charge is -2.31. The molecule has 1 aliphatic heterocycles. The van der Waals surface area contributed by atoms with Gasteiger partial charge in [0.25, 0.3) is 0 Å². The van der Waals surface area contributed by atoms with E-state index < -0.39 is 11.1 Å². The molecule has 2 aromatic rings. The number of nitrogens with zero attached hydrogens (tertiary/aromatic N) is 2. The number of nitrogens with two attached hydrogens (primary N) is 1. The standard InChI is InChI=1S/C21H27N5O4/c22-19(28)17-5-2-8-25(14-17)13-16-4-1-3-15(11-16)12-24-18(27)6-9-26-10-7-23-20(29)21(26)30/h1,3-4,7,10-11,17H,2,5-6,8-9,12-14H2,(H2,22,28)(H,23,29)(H,24,27). The molecule has 0 aliphatic carbocycles. The lowest BCUT2D eigenvalue weighted by Crippen LogP contribution is -2.40. The van der Waals surface area contributed by atoms with Gasteiger partial charge >= 0.3 is 11.1 Å². The minimum Gasteiger partial charge on any atom is -0.369 e. The van der Waals surface area contributed by atoms with Crippen LogP contribution in [-0.4, -0.2) is 39.4 Å². The number of hydrogen-bond donors (Lipinski definition) is 3. The molecule has 3 rings (SSSR count). The van der Waals surface area contributed by atoms with Crippen molar-refractivity contribution in [2.75, 3.05) is 13.1 Å². The molecule has 1 saturated heterocycles. The Bertz CT molecular complexity index is 1010. The molecule has 2 amide bonds. The van der Waals surface area contributed by atoms with Crippen molar-refractivity contribution >= 4 is 11.8 Å². The maximum atomic E-state index is 12.1. The van der Waals surface area contributed by atoms with Crippen molar-refractivity contribution < 1.29 is 9.59 Å². The van der Waals surface area contributed by atoms with Crippen LogP contribution in [0.15, 0.2) is 46.2 Å². The molecule has 2 heterocycles. The van der Waals surface area contributed by atoms with Gasteiger partial charge in [-0.1, -0.05) is 24.3 Å². The predicted octanol–water partition coefficient (Wildman–Crippen LogP) is -0.0596. The van der Waals surface area contributed by atoms with Gasteiger partial charge in [-0.3, -0.25) is 24.1 Å². The van der Waals surface area contributed by atoms with E-state index >= 15 is 0 Å². The van der Waals surface area contributed by atoms with Gasteiger partial charge in [0.2, 0.25) is 11.8 Å². The molecule has 1 unspecified atom stereocenters. The Hall–Kier alpha value is -3.20. The summed E-state index contributed by atoms with van der Waals surface area (Å²) in [6.07, 6.45) is 4.73. The third-order valence-electron chi connectivity index (χ3n) is 5.30. The van der Waals surface area contributed by atoms with Gasteiger partial charge in [0.05, 0.1) is 5.92 Å². The largest absolute Gasteiger partial charge is 0.369 e. The molecular weight excluding hydrogens is 386 g/mol. The van der Waals surface area contributed by atoms with Crippen LogP contribution in [0.4, 0.5) is 0 Å². The zero-order valence-electron chi connectivity index (χ0n) is 16.8. The van der Waals surface area contributed by atoms with Gasteiger partial charge in [0, 0.05) is 45.0 Å². The summed E-state index contributed by atoms with van der Waals surface area (Å²) in [5.41, 5.74) is 6.16. The first kappa shape index (κ1) is 21.5. The number of hydrogen-bond acceptors (Lipinski definition) is 5. The van der Waals surface area contributed by atoms with Gasteiger partial charge in [-0.05, 0) is 30.5 Å². The van der Waals surface area contributed by atoms with Crippen LogP contribution in [0.2, 0.25) is 0 Å². The minimum atomic E-state index is -0.703. The van der Waals surface area contributed by atoms with E-state index in [1.54, 1.807) is 0 Å². The normalized spacial score (nSPS) is 16.9. The summed E-state index contributed by atoms with van der Waals surface area (Å²) in [4.78, 5) is 51.1. The highest BCUT2D eigenvalue weighted by molar-refractivity contribution is 5.77. The van der Waals surface area contributed by atoms with E-state index in [-0.39, 0.29) is 30.7 Å². The number of aromatic amines is 1. The zero-order chi connectivity index (χ0) is 21.5. The van der Waals surface area contributed by atoms with Crippen molar-refractivity contribution in [2.24, 2.45) is 11.7 Å². The summed E-state index contributed by atoms with van der Waals surface area (Å²) >= 11 is 0. The maximum absolute atomic E-state index is 12.1. The van der Waals surface area contributed by atoms with Gasteiger partial charge < -0.3 is 20.6 Å². The summed E-state index contributed by atoms with van der Waals surface area (Å²) in [5, 5.41) is 2.84. The number of benzene rings is 1. The smallest absolute Gasteiger partial charge is 0.316 e. The molecule has 160 valence electrons. The number of likely N-dealkylation sites (tertiary alicyclic amines) is 1. The molecule has 0 bridgehead atoms. The molecule has 9 nitrogen and oxygen atoms in total. The van der Waals surface area contributed by atoms with Crippen LogP contribution in [0.3, 0.4) is 0 Å². The molecule has 9 heteroatoms. The summed E-state index contributed by atoms with van der Waals surface area (Å²) in [6.45, 7) is 2.87. The molecule has 1 atom stereocenters. The number of nitrogens with one attached hydrogen (secondary N) is 2. The first-order valence-electron chi connectivity index (χ1n) is 10.1. The number of H-pyrrole nitrogens is 1. The van der Waals surface area contributed by atoms with Crippen LogP contribution in [0.25, 0.3) is 0 Å². The quantitative estimate of drug-likeness (QED) is 0.522. The van der Waals surface area contributed by atoms with E-state index in [0.29, 0.717) is 13.1 Å². The Kier molecular flexibility index (Phi) is 7.18. The van der Waals surface area contributed by atoms with Crippen molar-refractivity contribution in [3.63, 3.8) is 0 Å². The fourth-order valence-electron chi connectivity index (χ4n) is 3.68. The SMILES string of the molecule is NC(=O)C1CCCN(Cc2cccc(CNC(=O)CCn3cc[nH]c(=O)c3=O)c2)C1. The van der Waals surface area contributed by atoms with Crippen molar-refractivity contribution in [1.82, 2.24) is 19.8 Å². The summed E-state index contributed by atoms with van der Waals surface area (Å²) < 4.78 is 1.22. The average Bonchev–Trinajstić information content (AvgIpc) is 2.74. The van der Waals surface area contributed by atoms with Crippen molar-refractivity contribution in [3.8, 4) is 0 Å². The van der Waals surface area contributed by atoms with Crippen LogP contribution in [-0.2, 0) is 29.2 Å². The van der Waals surface area contributed by atoms with Crippen LogP contribution >= 0.6 is 0 Å². The predicted molar refractivity (Wildman–Crippen MR) is 111 cm³/mol. The third kappa shape index (κ3) is 5.90. The van der Waals surface area contributed by atoms with Gasteiger partial charge in [-0.15, -0.1) is 0 Å². The van der Waals surface area contributed by atoms with Gasteiger partial charge in [-0.25, -0.2) is 0 Å². The third-order valence-corrected chi connectivity index (χ3v) is 5.30. The second-order valence-electron chi connectivity index (χ2n) is 7.61. The summed E-state index contributed by atoms with van der Waals surface area (Å²) in [6, 6.07) is 7.95. The zero-order valence-corrected chi connectivity index (χ0v) is 16.8. The maximum Gasteiger partial charge on any atom is 0.316 e. The number of primary amides is 1. The first-order chi connectivity index (χ1) is 14.4. The molecule has 4 N–H and O–H groups in total. The van der Waals surface area contributed by atoms with Crippen LogP contribution < -0.4 is 22.2 Å². The number of carbonyl (C=O) groups excluding carboxylic acids is 2. The Morgan fingerprint density at radius 1 is 1.23 bits per heavy atom. The highest BCUT2D eigenvalue weighted by atomic mass is 16.2. The lowest BCUT2D eigenvalue weighted by molar-refractivity contribution is -0.123. The van der Waals surface area contributed by atoms with E-state index in [1.807, 2.05) is 24.3 Å². The Morgan fingerprint density at radius 2 is 2.03 bits per heavy atom. The fraction of sp³-hybridized carbons (Fsp3) is 0.429. The average molecular weight is 413 g/mol. The molecule has 1 aromatic carbocycles. The monoisotopic (exact) mass is 413 g/mol. The molecule has 1 aliphatic rings. The van der Waals surface area contributed by atoms with E-state index in [1.165, 1.54) is 17.0 Å². The van der Waals surface area contributed by atoms with Crippen LogP contribution in [0.1, 0.15) is 30.4 Å². The van der Waals surface area contributed by atoms with E-state index in [9.17, 15) is 19.2 Å². The number of piperidine rings is 1. The fourth-order valence-corrected chi connectivity index (χ4v) is 3.68. The van der Waals surface area contributed by atoms with Gasteiger partial charge in [-0.2, -0.15) is 0 Å². The topological polar surface area (TPSA) is 130 Å². The molecule has 1 aromatic heterocycles. The highest BCUT2D eigenvalue weighted by Gasteiger charge is 2.23. The molecule has 30 heavy (non-hydrogen) atoms. The minimum absolute atomic E-state index is 0.0890. The lowest BCUT2D eigenvalue weighted by atomic mass is 9.97. The van der Waals surface area contributed by atoms with Crippen molar-refractivity contribution in [3.05, 3.63) is 68.5 Å². The molecular formula is C21H27N5O4. The summed E-state index contributed by atoms with van der Waals surface area (Å²) in [5.74, 6) is -0.527. The molecule has 0 spiro atoms. The van der Waals surface area contributed by atoms with E-state index in [0.717, 1.165) is 37.1 Å². The highest BCUT2D eigenvalue weighted by Crippen LogP contribution is 2.18. The number of rotatable bonds is 8. The second kappa shape index (κ2) is 10.0. The van der Waals surface area contributed by atoms with Gasteiger partial charge in [0.1, 0.15) is 0 Å². The number of aromatic nitrogens is 2. The van der Waals surface area contributed by atoms with Crippen LogP contribution in [0, 0.1) is 5.92 Å². The molecule has 1 fully saturated rings. The summed E-state index contributed by atoms with van der Waals surface area (Å²) in [7, 11) is 0. The van der Waals surface area contributed by atoms with Crippen LogP contribution in [0.5, 0.6) is 0 Å². The number of aryl methyl sites for hydroxylation is 1. The molecule has 0 saturated carbocycles. The van der Waals surface area contributed by atoms with E-state index in [2.05, 4.69) is 15.2 Å². The van der Waals surface area contributed by atoms with E-state index in [4.69, 9.17) is 5.73 Å². The Balaban J connectivity index is 1.49. The second-order valence-corrected chi connectivity index (χ2v) is 7.61. The molecule has 0 radical (unpaired) electrons. The van der Waals surface area contributed by atoms with Crippen molar-refractivity contribution in [1.29, 1.82) is 0 Å². The Morgan fingerprint density at radius 3 is 2.83 bits per heavy atom. The van der Waals surface area contributed by atoms with Gasteiger partial charge in [0.15, 0.2) is 0 Å². The first-order valence-corrected chi connectivity index (χ1v) is 10.1. The van der Waals surface area contributed by atoms with Crippen molar-refractivity contribution in [2.45, 2.75) is 38.9 Å². The Labute approximate surface area is 173 Å². The number of amides is 2.